The molecule has 0 spiro atoms. The molecular formula is C10H6N2O. The summed E-state index contributed by atoms with van der Waals surface area (Å²) in [7, 11) is 0. The number of nitriles is 1. The van der Waals surface area contributed by atoms with E-state index in [4.69, 9.17) is 5.26 Å². The minimum absolute atomic E-state index is 0.174. The Morgan fingerprint density at radius 2 is 2.46 bits per heavy atom. The van der Waals surface area contributed by atoms with E-state index in [1.165, 1.54) is 6.20 Å². The molecule has 62 valence electrons. The predicted molar refractivity (Wildman–Crippen MR) is 46.7 cm³/mol. The van der Waals surface area contributed by atoms with Crippen LogP contribution in [0.15, 0.2) is 18.3 Å². The first kappa shape index (κ1) is 8.96. The van der Waals surface area contributed by atoms with Gasteiger partial charge in [-0.05, 0) is 18.1 Å². The van der Waals surface area contributed by atoms with Gasteiger partial charge in [0.05, 0.1) is 12.5 Å². The first-order valence-corrected chi connectivity index (χ1v) is 3.64. The average molecular weight is 170 g/mol. The van der Waals surface area contributed by atoms with Crippen LogP contribution >= 0.6 is 0 Å². The summed E-state index contributed by atoms with van der Waals surface area (Å²) < 4.78 is 0. The molecule has 1 aromatic heterocycles. The maximum Gasteiger partial charge on any atom is 0.150 e. The Kier molecular flexibility index (Phi) is 3.23. The zero-order chi connectivity index (χ0) is 9.52. The number of hydrogen-bond donors (Lipinski definition) is 0. The Labute approximate surface area is 76.0 Å². The third-order valence-electron chi connectivity index (χ3n) is 1.30. The summed E-state index contributed by atoms with van der Waals surface area (Å²) in [5.74, 6) is 5.29. The van der Waals surface area contributed by atoms with Crippen molar-refractivity contribution in [2.75, 3.05) is 0 Å². The number of rotatable bonds is 1. The van der Waals surface area contributed by atoms with Crippen molar-refractivity contribution in [2.24, 2.45) is 0 Å². The van der Waals surface area contributed by atoms with Crippen LogP contribution in [0.1, 0.15) is 22.5 Å². The van der Waals surface area contributed by atoms with Crippen LogP contribution in [0.4, 0.5) is 0 Å². The third kappa shape index (κ3) is 2.76. The molecule has 0 bridgehead atoms. The van der Waals surface area contributed by atoms with Crippen LogP contribution in [-0.4, -0.2) is 11.3 Å². The Morgan fingerprint density at radius 3 is 3.15 bits per heavy atom. The molecule has 13 heavy (non-hydrogen) atoms. The summed E-state index contributed by atoms with van der Waals surface area (Å²) in [5.41, 5.74) is 1.05. The third-order valence-corrected chi connectivity index (χ3v) is 1.30. The van der Waals surface area contributed by atoms with Crippen molar-refractivity contribution in [3.63, 3.8) is 0 Å². The van der Waals surface area contributed by atoms with Crippen molar-refractivity contribution in [3.8, 4) is 17.9 Å². The second-order valence-corrected chi connectivity index (χ2v) is 2.23. The van der Waals surface area contributed by atoms with Gasteiger partial charge in [0, 0.05) is 11.8 Å². The van der Waals surface area contributed by atoms with Gasteiger partial charge in [0.25, 0.3) is 0 Å². The maximum absolute atomic E-state index is 10.4. The van der Waals surface area contributed by atoms with E-state index in [1.54, 1.807) is 12.1 Å². The van der Waals surface area contributed by atoms with Gasteiger partial charge in [-0.15, -0.1) is 0 Å². The lowest BCUT2D eigenvalue weighted by molar-refractivity contribution is 0.112. The Morgan fingerprint density at radius 1 is 1.62 bits per heavy atom. The molecule has 0 aromatic carbocycles. The quantitative estimate of drug-likeness (QED) is 0.469. The molecule has 1 heterocycles. The second kappa shape index (κ2) is 4.69. The molecule has 3 nitrogen and oxygen atoms in total. The van der Waals surface area contributed by atoms with E-state index in [0.717, 1.165) is 6.29 Å². The van der Waals surface area contributed by atoms with Gasteiger partial charge in [-0.2, -0.15) is 5.26 Å². The van der Waals surface area contributed by atoms with Gasteiger partial charge < -0.3 is 0 Å². The van der Waals surface area contributed by atoms with E-state index in [2.05, 4.69) is 16.8 Å². The van der Waals surface area contributed by atoms with Crippen LogP contribution in [-0.2, 0) is 0 Å². The topological polar surface area (TPSA) is 53.8 Å². The average Bonchev–Trinajstić information content (AvgIpc) is 2.19. The van der Waals surface area contributed by atoms with Crippen LogP contribution in [0.3, 0.4) is 0 Å². The van der Waals surface area contributed by atoms with Crippen LogP contribution in [0.25, 0.3) is 0 Å². The van der Waals surface area contributed by atoms with E-state index >= 15 is 0 Å². The lowest BCUT2D eigenvalue weighted by Crippen LogP contribution is -1.85. The van der Waals surface area contributed by atoms with Crippen molar-refractivity contribution in [3.05, 3.63) is 29.6 Å². The SMILES string of the molecule is N#CCC#Cc1cc(C=O)ccn1. The van der Waals surface area contributed by atoms with Gasteiger partial charge in [0.1, 0.15) is 12.0 Å². The molecule has 0 fully saturated rings. The van der Waals surface area contributed by atoms with Crippen LogP contribution in [0, 0.1) is 23.2 Å². The Balaban J connectivity index is 2.86. The summed E-state index contributed by atoms with van der Waals surface area (Å²) in [6.45, 7) is 0. The summed E-state index contributed by atoms with van der Waals surface area (Å²) in [5, 5.41) is 8.22. The smallest absolute Gasteiger partial charge is 0.150 e. The fourth-order valence-corrected chi connectivity index (χ4v) is 0.763. The van der Waals surface area contributed by atoms with E-state index in [1.807, 2.05) is 6.07 Å². The first-order chi connectivity index (χ1) is 6.36. The molecule has 1 aromatic rings. The number of hydrogen-bond acceptors (Lipinski definition) is 3. The van der Waals surface area contributed by atoms with Gasteiger partial charge in [-0.1, -0.05) is 5.92 Å². The van der Waals surface area contributed by atoms with Crippen molar-refractivity contribution in [2.45, 2.75) is 6.42 Å². The van der Waals surface area contributed by atoms with E-state index in [-0.39, 0.29) is 6.42 Å². The molecule has 0 amide bonds. The molecule has 3 heteroatoms. The van der Waals surface area contributed by atoms with Gasteiger partial charge in [-0.25, -0.2) is 4.98 Å². The summed E-state index contributed by atoms with van der Waals surface area (Å²) in [4.78, 5) is 14.3. The lowest BCUT2D eigenvalue weighted by atomic mass is 10.2. The minimum Gasteiger partial charge on any atom is -0.298 e. The Bertz CT molecular complexity index is 407. The first-order valence-electron chi connectivity index (χ1n) is 3.64. The number of nitrogens with zero attached hydrogens (tertiary/aromatic N) is 2. The largest absolute Gasteiger partial charge is 0.298 e. The normalized spacial score (nSPS) is 7.92. The predicted octanol–water partition coefficient (Wildman–Crippen LogP) is 1.16. The number of aromatic nitrogens is 1. The highest BCUT2D eigenvalue weighted by Crippen LogP contribution is 1.96. The van der Waals surface area contributed by atoms with Crippen molar-refractivity contribution < 1.29 is 4.79 Å². The molecule has 0 unspecified atom stereocenters. The summed E-state index contributed by atoms with van der Waals surface area (Å²) in [6, 6.07) is 5.08. The van der Waals surface area contributed by atoms with Crippen LogP contribution in [0.5, 0.6) is 0 Å². The Hall–Kier alpha value is -2.13. The van der Waals surface area contributed by atoms with Crippen molar-refractivity contribution >= 4 is 6.29 Å². The number of aldehydes is 1. The summed E-state index contributed by atoms with van der Waals surface area (Å²) in [6.07, 6.45) is 2.42. The van der Waals surface area contributed by atoms with E-state index < -0.39 is 0 Å². The molecule has 0 saturated carbocycles. The highest BCUT2D eigenvalue weighted by atomic mass is 16.1. The molecule has 0 aliphatic carbocycles. The molecule has 0 saturated heterocycles. The molecule has 0 aliphatic heterocycles. The minimum atomic E-state index is 0.174. The monoisotopic (exact) mass is 170 g/mol. The number of pyridine rings is 1. The summed E-state index contributed by atoms with van der Waals surface area (Å²) >= 11 is 0. The maximum atomic E-state index is 10.4. The molecule has 0 aliphatic rings. The fraction of sp³-hybridized carbons (Fsp3) is 0.100. The fourth-order valence-electron chi connectivity index (χ4n) is 0.763. The standard InChI is InChI=1S/C10H6N2O/c11-5-2-1-3-10-7-9(8-13)4-6-12-10/h4,6-8H,2H2. The number of carbonyl (C=O) groups excluding carboxylic acids is 1. The van der Waals surface area contributed by atoms with Gasteiger partial charge in [-0.3, -0.25) is 4.79 Å². The second-order valence-electron chi connectivity index (χ2n) is 2.23. The van der Waals surface area contributed by atoms with Crippen LogP contribution in [0.2, 0.25) is 0 Å². The molecular weight excluding hydrogens is 164 g/mol. The molecule has 1 rings (SSSR count). The van der Waals surface area contributed by atoms with Gasteiger partial charge >= 0.3 is 0 Å². The van der Waals surface area contributed by atoms with Gasteiger partial charge in [0.15, 0.2) is 0 Å². The molecule has 0 radical (unpaired) electrons. The van der Waals surface area contributed by atoms with Crippen molar-refractivity contribution in [1.29, 1.82) is 5.26 Å². The van der Waals surface area contributed by atoms with E-state index in [0.29, 0.717) is 11.3 Å². The molecule has 0 N–H and O–H groups in total. The van der Waals surface area contributed by atoms with E-state index in [9.17, 15) is 4.79 Å². The zero-order valence-electron chi connectivity index (χ0n) is 6.82. The highest BCUT2D eigenvalue weighted by molar-refractivity contribution is 5.74. The number of carbonyl (C=O) groups is 1. The lowest BCUT2D eigenvalue weighted by Gasteiger charge is -1.89. The highest BCUT2D eigenvalue weighted by Gasteiger charge is 1.90. The zero-order valence-corrected chi connectivity index (χ0v) is 6.82. The van der Waals surface area contributed by atoms with Gasteiger partial charge in [0.2, 0.25) is 0 Å². The van der Waals surface area contributed by atoms with Crippen molar-refractivity contribution in [1.82, 2.24) is 4.98 Å². The molecule has 0 atom stereocenters. The van der Waals surface area contributed by atoms with Crippen LogP contribution < -0.4 is 0 Å².